The molecule has 7 nitrogen and oxygen atoms in total. The van der Waals surface area contributed by atoms with Gasteiger partial charge in [0.25, 0.3) is 10.0 Å². The molecule has 1 atom stereocenters. The molecule has 1 aliphatic rings. The monoisotopic (exact) mass is 633 g/mol. The first-order valence-electron chi connectivity index (χ1n) is 13.8. The standard InChI is InChI=1S/C31H34Cl2FN3O4S/c1-21-12-15-25(16-13-21)42(40,41)37(29-11-7-6-10-28(29)34)20-30(38)36(19-23-14-17-26(32)27(33)18-23)22(2)31(39)35-24-8-4-3-5-9-24/h6-7,10-18,22,24H,3-5,8-9,19-20H2,1-2H3,(H,35,39)/t22-/m0/s1. The SMILES string of the molecule is Cc1ccc(S(=O)(=O)N(CC(=O)N(Cc2ccc(Cl)c(Cl)c2)[C@@H](C)C(=O)NC2CCCCC2)c2ccccc2F)cc1. The van der Waals surface area contributed by atoms with Crippen molar-refractivity contribution in [3.63, 3.8) is 0 Å². The lowest BCUT2D eigenvalue weighted by Crippen LogP contribution is -2.53. The molecular formula is C31H34Cl2FN3O4S. The number of halogens is 3. The Hall–Kier alpha value is -3.14. The van der Waals surface area contributed by atoms with Gasteiger partial charge in [0, 0.05) is 12.6 Å². The minimum absolute atomic E-state index is 0.00690. The molecule has 0 unspecified atom stereocenters. The maximum Gasteiger partial charge on any atom is 0.264 e. The van der Waals surface area contributed by atoms with Gasteiger partial charge in [-0.1, -0.05) is 78.4 Å². The highest BCUT2D eigenvalue weighted by Gasteiger charge is 2.34. The lowest BCUT2D eigenvalue weighted by Gasteiger charge is -2.33. The summed E-state index contributed by atoms with van der Waals surface area (Å²) in [6.45, 7) is 2.62. The largest absolute Gasteiger partial charge is 0.352 e. The number of amides is 2. The van der Waals surface area contributed by atoms with Crippen molar-refractivity contribution < 1.29 is 22.4 Å². The summed E-state index contributed by atoms with van der Waals surface area (Å²) in [5.74, 6) is -1.85. The van der Waals surface area contributed by atoms with Crippen LogP contribution in [0, 0.1) is 12.7 Å². The Bertz CT molecular complexity index is 1530. The quantitative estimate of drug-likeness (QED) is 0.276. The highest BCUT2D eigenvalue weighted by Crippen LogP contribution is 2.28. The zero-order chi connectivity index (χ0) is 30.4. The smallest absolute Gasteiger partial charge is 0.264 e. The maximum atomic E-state index is 15.1. The number of nitrogens with zero attached hydrogens (tertiary/aromatic N) is 2. The van der Waals surface area contributed by atoms with E-state index in [0.29, 0.717) is 10.6 Å². The van der Waals surface area contributed by atoms with Crippen molar-refractivity contribution >= 4 is 50.7 Å². The number of benzene rings is 3. The third-order valence-corrected chi connectivity index (χ3v) is 9.98. The molecule has 42 heavy (non-hydrogen) atoms. The molecule has 0 radical (unpaired) electrons. The predicted molar refractivity (Wildman–Crippen MR) is 164 cm³/mol. The summed E-state index contributed by atoms with van der Waals surface area (Å²) in [4.78, 5) is 28.6. The lowest BCUT2D eigenvalue weighted by atomic mass is 9.95. The van der Waals surface area contributed by atoms with E-state index in [1.807, 2.05) is 6.92 Å². The van der Waals surface area contributed by atoms with Gasteiger partial charge in [-0.2, -0.15) is 0 Å². The Kier molecular flexibility index (Phi) is 10.5. The molecule has 4 rings (SSSR count). The van der Waals surface area contributed by atoms with Crippen LogP contribution in [0.1, 0.15) is 50.2 Å². The Morgan fingerprint density at radius 3 is 2.29 bits per heavy atom. The van der Waals surface area contributed by atoms with Gasteiger partial charge in [-0.15, -0.1) is 0 Å². The van der Waals surface area contributed by atoms with Crippen LogP contribution >= 0.6 is 23.2 Å². The molecule has 2 amide bonds. The Labute approximate surface area is 256 Å². The van der Waals surface area contributed by atoms with Gasteiger partial charge in [0.05, 0.1) is 20.6 Å². The molecule has 0 bridgehead atoms. The van der Waals surface area contributed by atoms with Gasteiger partial charge in [0.2, 0.25) is 11.8 Å². The number of hydrogen-bond acceptors (Lipinski definition) is 4. The van der Waals surface area contributed by atoms with Crippen molar-refractivity contribution in [3.8, 4) is 0 Å². The van der Waals surface area contributed by atoms with Crippen LogP contribution in [-0.2, 0) is 26.2 Å². The maximum absolute atomic E-state index is 15.1. The molecule has 1 fully saturated rings. The summed E-state index contributed by atoms with van der Waals surface area (Å²) < 4.78 is 43.5. The Balaban J connectivity index is 1.69. The van der Waals surface area contributed by atoms with Gasteiger partial charge in [0.15, 0.2) is 0 Å². The fourth-order valence-electron chi connectivity index (χ4n) is 4.99. The number of carbonyl (C=O) groups excluding carboxylic acids is 2. The van der Waals surface area contributed by atoms with Crippen molar-refractivity contribution in [2.24, 2.45) is 0 Å². The minimum Gasteiger partial charge on any atom is -0.352 e. The first kappa shape index (κ1) is 31.8. The third kappa shape index (κ3) is 7.62. The fraction of sp³-hybridized carbons (Fsp3) is 0.355. The highest BCUT2D eigenvalue weighted by atomic mass is 35.5. The van der Waals surface area contributed by atoms with Gasteiger partial charge in [-0.3, -0.25) is 13.9 Å². The number of para-hydroxylation sites is 1. The van der Waals surface area contributed by atoms with Crippen molar-refractivity contribution in [1.82, 2.24) is 10.2 Å². The molecule has 0 heterocycles. The van der Waals surface area contributed by atoms with E-state index in [-0.39, 0.29) is 34.1 Å². The molecule has 224 valence electrons. The van der Waals surface area contributed by atoms with Crippen LogP contribution in [-0.4, -0.2) is 43.8 Å². The summed E-state index contributed by atoms with van der Waals surface area (Å²) in [7, 11) is -4.37. The van der Waals surface area contributed by atoms with E-state index < -0.39 is 34.3 Å². The van der Waals surface area contributed by atoms with Crippen LogP contribution in [0.3, 0.4) is 0 Å². The van der Waals surface area contributed by atoms with Crippen LogP contribution in [0.4, 0.5) is 10.1 Å². The molecule has 0 aliphatic heterocycles. The molecule has 0 spiro atoms. The van der Waals surface area contributed by atoms with E-state index >= 15 is 4.39 Å². The second-order valence-electron chi connectivity index (χ2n) is 10.6. The number of hydrogen-bond donors (Lipinski definition) is 1. The summed E-state index contributed by atoms with van der Waals surface area (Å²) >= 11 is 12.3. The first-order chi connectivity index (χ1) is 20.0. The summed E-state index contributed by atoms with van der Waals surface area (Å²) in [6, 6.07) is 15.3. The zero-order valence-electron chi connectivity index (χ0n) is 23.5. The van der Waals surface area contributed by atoms with E-state index in [1.54, 1.807) is 37.3 Å². The van der Waals surface area contributed by atoms with Crippen LogP contribution in [0.25, 0.3) is 0 Å². The highest BCUT2D eigenvalue weighted by molar-refractivity contribution is 7.92. The normalized spacial score (nSPS) is 14.7. The number of sulfonamides is 1. The summed E-state index contributed by atoms with van der Waals surface area (Å²) in [5.41, 5.74) is 1.15. The van der Waals surface area contributed by atoms with Crippen LogP contribution < -0.4 is 9.62 Å². The Morgan fingerprint density at radius 1 is 0.976 bits per heavy atom. The van der Waals surface area contributed by atoms with E-state index in [2.05, 4.69) is 5.32 Å². The number of aryl methyl sites for hydroxylation is 1. The molecule has 1 aliphatic carbocycles. The van der Waals surface area contributed by atoms with Gasteiger partial charge in [0.1, 0.15) is 18.4 Å². The third-order valence-electron chi connectivity index (χ3n) is 7.46. The van der Waals surface area contributed by atoms with Crippen LogP contribution in [0.5, 0.6) is 0 Å². The van der Waals surface area contributed by atoms with E-state index in [0.717, 1.165) is 48.0 Å². The molecule has 0 aromatic heterocycles. The number of rotatable bonds is 10. The lowest BCUT2D eigenvalue weighted by molar-refractivity contribution is -0.139. The molecule has 1 saturated carbocycles. The Morgan fingerprint density at radius 2 is 1.64 bits per heavy atom. The average molecular weight is 635 g/mol. The van der Waals surface area contributed by atoms with Crippen LogP contribution in [0.2, 0.25) is 10.0 Å². The first-order valence-corrected chi connectivity index (χ1v) is 16.0. The fourth-order valence-corrected chi connectivity index (χ4v) is 6.73. The van der Waals surface area contributed by atoms with Crippen molar-refractivity contribution in [3.05, 3.63) is 93.7 Å². The summed E-state index contributed by atoms with van der Waals surface area (Å²) in [5, 5.41) is 3.65. The number of anilines is 1. The second-order valence-corrected chi connectivity index (χ2v) is 13.2. The molecule has 3 aromatic rings. The zero-order valence-corrected chi connectivity index (χ0v) is 25.9. The van der Waals surface area contributed by atoms with Crippen molar-refractivity contribution in [2.45, 2.75) is 69.5 Å². The van der Waals surface area contributed by atoms with E-state index in [1.165, 1.54) is 35.2 Å². The van der Waals surface area contributed by atoms with E-state index in [9.17, 15) is 18.0 Å². The molecule has 11 heteroatoms. The minimum atomic E-state index is -4.37. The average Bonchev–Trinajstić information content (AvgIpc) is 2.97. The number of carbonyl (C=O) groups is 2. The van der Waals surface area contributed by atoms with Crippen LogP contribution in [0.15, 0.2) is 71.6 Å². The molecule has 0 saturated heterocycles. The number of nitrogens with one attached hydrogen (secondary N) is 1. The van der Waals surface area contributed by atoms with E-state index in [4.69, 9.17) is 23.2 Å². The van der Waals surface area contributed by atoms with Gasteiger partial charge in [-0.25, -0.2) is 12.8 Å². The molecular weight excluding hydrogens is 600 g/mol. The predicted octanol–water partition coefficient (Wildman–Crippen LogP) is 6.50. The topological polar surface area (TPSA) is 86.8 Å². The van der Waals surface area contributed by atoms with Gasteiger partial charge in [-0.05, 0) is 68.7 Å². The molecule has 3 aromatic carbocycles. The second kappa shape index (κ2) is 13.9. The van der Waals surface area contributed by atoms with Gasteiger partial charge < -0.3 is 10.2 Å². The molecule has 1 N–H and O–H groups in total. The van der Waals surface area contributed by atoms with Crippen molar-refractivity contribution in [1.29, 1.82) is 0 Å². The van der Waals surface area contributed by atoms with Gasteiger partial charge >= 0.3 is 0 Å². The van der Waals surface area contributed by atoms with Crippen molar-refractivity contribution in [2.75, 3.05) is 10.8 Å². The summed E-state index contributed by atoms with van der Waals surface area (Å²) in [6.07, 6.45) is 4.86.